The number of ketones is 1. The van der Waals surface area contributed by atoms with Crippen LogP contribution in [0.1, 0.15) is 48.9 Å². The predicted octanol–water partition coefficient (Wildman–Crippen LogP) is 4.12. The van der Waals surface area contributed by atoms with E-state index in [1.54, 1.807) is 37.1 Å². The van der Waals surface area contributed by atoms with Crippen molar-refractivity contribution < 1.29 is 16.4 Å². The number of para-hydroxylation sites is 1. The van der Waals surface area contributed by atoms with E-state index in [2.05, 4.69) is 20.7 Å². The van der Waals surface area contributed by atoms with Gasteiger partial charge in [-0.05, 0) is 18.9 Å². The third-order valence-corrected chi connectivity index (χ3v) is 5.58. The number of anilines is 4. The van der Waals surface area contributed by atoms with Crippen molar-refractivity contribution in [2.45, 2.75) is 32.6 Å². The maximum absolute atomic E-state index is 12.9. The fraction of sp³-hybridized carbons (Fsp3) is 0.333. The summed E-state index contributed by atoms with van der Waals surface area (Å²) in [5.41, 5.74) is 2.95. The molecule has 5 rings (SSSR count). The highest BCUT2D eigenvalue weighted by Crippen LogP contribution is 2.43. The van der Waals surface area contributed by atoms with Gasteiger partial charge in [-0.2, -0.15) is 5.10 Å². The smallest absolute Gasteiger partial charge is 0.228 e. The molecule has 0 spiro atoms. The Morgan fingerprint density at radius 1 is 1.28 bits per heavy atom. The first-order valence-electron chi connectivity index (χ1n) is 12.9. The molecule has 1 aliphatic heterocycles. The van der Waals surface area contributed by atoms with Crippen molar-refractivity contribution >= 4 is 34.6 Å². The van der Waals surface area contributed by atoms with Crippen molar-refractivity contribution in [3.8, 4) is 11.3 Å². The molecule has 0 atom stereocenters. The second-order valence-corrected chi connectivity index (χ2v) is 8.04. The molecule has 164 valence electrons. The predicted molar refractivity (Wildman–Crippen MR) is 124 cm³/mol. The fourth-order valence-electron chi connectivity index (χ4n) is 3.87. The molecular weight excluding hydrogens is 404 g/mol. The van der Waals surface area contributed by atoms with E-state index in [-0.39, 0.29) is 28.9 Å². The number of hydrogen-bond donors (Lipinski definition) is 2. The van der Waals surface area contributed by atoms with Gasteiger partial charge in [0.05, 0.1) is 31.1 Å². The van der Waals surface area contributed by atoms with Gasteiger partial charge in [0.15, 0.2) is 5.78 Å². The summed E-state index contributed by atoms with van der Waals surface area (Å²) in [4.78, 5) is 30.9. The van der Waals surface area contributed by atoms with Gasteiger partial charge in [0.25, 0.3) is 0 Å². The first-order chi connectivity index (χ1) is 17.3. The van der Waals surface area contributed by atoms with Crippen LogP contribution in [0.5, 0.6) is 0 Å². The van der Waals surface area contributed by atoms with E-state index >= 15 is 0 Å². The van der Waals surface area contributed by atoms with Crippen LogP contribution >= 0.6 is 0 Å². The Hall–Kier alpha value is -3.68. The second kappa shape index (κ2) is 7.78. The SMILES string of the molecule is [2H]C([2H])([2H])CC(=O)c1cnc(NC(=O)C2CC2)cc1Nc1cccc2c1N(C)C([2H])([2H])c1cn(C)nc1-2. The topological polar surface area (TPSA) is 92.1 Å². The Morgan fingerprint density at radius 3 is 2.91 bits per heavy atom. The van der Waals surface area contributed by atoms with E-state index in [4.69, 9.17) is 6.85 Å². The fourth-order valence-corrected chi connectivity index (χ4v) is 3.87. The third-order valence-electron chi connectivity index (χ3n) is 5.58. The summed E-state index contributed by atoms with van der Waals surface area (Å²) in [6, 6.07) is 6.86. The summed E-state index contributed by atoms with van der Waals surface area (Å²) in [5.74, 6) is -0.617. The third kappa shape index (κ3) is 3.62. The van der Waals surface area contributed by atoms with Crippen molar-refractivity contribution in [2.24, 2.45) is 13.0 Å². The molecule has 1 aromatic carbocycles. The molecule has 32 heavy (non-hydrogen) atoms. The highest BCUT2D eigenvalue weighted by Gasteiger charge is 2.30. The lowest BCUT2D eigenvalue weighted by Crippen LogP contribution is -2.22. The van der Waals surface area contributed by atoms with Gasteiger partial charge >= 0.3 is 0 Å². The molecule has 8 heteroatoms. The lowest BCUT2D eigenvalue weighted by Gasteiger charge is -2.29. The molecule has 0 saturated heterocycles. The van der Waals surface area contributed by atoms with Gasteiger partial charge in [0.1, 0.15) is 5.82 Å². The van der Waals surface area contributed by atoms with E-state index < -0.39 is 25.6 Å². The molecule has 3 aromatic rings. The maximum atomic E-state index is 12.9. The molecule has 3 heterocycles. The quantitative estimate of drug-likeness (QED) is 0.566. The van der Waals surface area contributed by atoms with Crippen LogP contribution in [-0.4, -0.2) is 33.5 Å². The van der Waals surface area contributed by atoms with Crippen LogP contribution in [0.15, 0.2) is 36.7 Å². The molecular formula is C24H26N6O2. The van der Waals surface area contributed by atoms with E-state index in [0.29, 0.717) is 28.2 Å². The van der Waals surface area contributed by atoms with Crippen LogP contribution in [0.25, 0.3) is 11.3 Å². The van der Waals surface area contributed by atoms with Gasteiger partial charge in [-0.3, -0.25) is 14.3 Å². The van der Waals surface area contributed by atoms with Gasteiger partial charge in [-0.25, -0.2) is 4.98 Å². The minimum absolute atomic E-state index is 0.0538. The number of amides is 1. The number of aromatic nitrogens is 3. The monoisotopic (exact) mass is 435 g/mol. The largest absolute Gasteiger partial charge is 0.368 e. The van der Waals surface area contributed by atoms with Crippen LogP contribution < -0.4 is 15.5 Å². The maximum Gasteiger partial charge on any atom is 0.228 e. The van der Waals surface area contributed by atoms with Crippen molar-refractivity contribution in [3.05, 3.63) is 47.8 Å². The van der Waals surface area contributed by atoms with Gasteiger partial charge < -0.3 is 15.5 Å². The summed E-state index contributed by atoms with van der Waals surface area (Å²) in [6.45, 7) is -4.33. The Bertz CT molecular complexity index is 1410. The zero-order valence-electron chi connectivity index (χ0n) is 22.8. The normalized spacial score (nSPS) is 18.8. The molecule has 0 bridgehead atoms. The zero-order chi connectivity index (χ0) is 26.7. The van der Waals surface area contributed by atoms with Crippen LogP contribution in [0.3, 0.4) is 0 Å². The summed E-state index contributed by atoms with van der Waals surface area (Å²) in [7, 11) is 3.36. The molecule has 1 fully saturated rings. The number of carbonyl (C=O) groups excluding carboxylic acids is 2. The van der Waals surface area contributed by atoms with Crippen LogP contribution in [-0.2, 0) is 18.3 Å². The molecule has 1 saturated carbocycles. The standard InChI is InChI=1S/C24H26N6O2/c1-4-20(31)17-11-25-21(27-24(32)14-8-9-14)10-19(17)26-18-7-5-6-16-22-15(13-30(3)28-22)12-29(2)23(16)18/h5-7,10-11,13-14H,4,8-9,12H2,1-3H3,(H2,25,26,27,32)/i1D3,12D2. The number of pyridine rings is 1. The van der Waals surface area contributed by atoms with Crippen molar-refractivity contribution in [1.29, 1.82) is 0 Å². The average Bonchev–Trinajstić information content (AvgIpc) is 3.58. The van der Waals surface area contributed by atoms with Crippen LogP contribution in [0, 0.1) is 5.92 Å². The van der Waals surface area contributed by atoms with Crippen LogP contribution in [0.4, 0.5) is 22.9 Å². The molecule has 8 nitrogen and oxygen atoms in total. The van der Waals surface area contributed by atoms with E-state index in [0.717, 1.165) is 12.8 Å². The number of Topliss-reactive ketones (excluding diaryl/α,β-unsaturated/α-hetero) is 1. The molecule has 1 aliphatic carbocycles. The summed E-state index contributed by atoms with van der Waals surface area (Å²) < 4.78 is 41.6. The number of fused-ring (bicyclic) bond motifs is 3. The number of rotatable bonds is 6. The molecule has 2 aromatic heterocycles. The number of hydrogen-bond acceptors (Lipinski definition) is 6. The Labute approximate surface area is 193 Å². The zero-order valence-corrected chi connectivity index (χ0v) is 17.8. The molecule has 2 aliphatic rings. The molecule has 1 amide bonds. The molecule has 2 N–H and O–H groups in total. The average molecular weight is 436 g/mol. The minimum Gasteiger partial charge on any atom is -0.368 e. The summed E-state index contributed by atoms with van der Waals surface area (Å²) >= 11 is 0. The summed E-state index contributed by atoms with van der Waals surface area (Å²) in [5, 5.41) is 10.4. The first kappa shape index (κ1) is 15.2. The Morgan fingerprint density at radius 2 is 2.12 bits per heavy atom. The van der Waals surface area contributed by atoms with Crippen molar-refractivity contribution in [2.75, 3.05) is 22.6 Å². The second-order valence-electron chi connectivity index (χ2n) is 8.04. The molecule has 0 unspecified atom stereocenters. The number of nitrogens with zero attached hydrogens (tertiary/aromatic N) is 4. The highest BCUT2D eigenvalue weighted by molar-refractivity contribution is 6.03. The van der Waals surface area contributed by atoms with Crippen molar-refractivity contribution in [3.63, 3.8) is 0 Å². The number of carbonyl (C=O) groups is 2. The first-order valence-corrected chi connectivity index (χ1v) is 10.4. The molecule has 0 radical (unpaired) electrons. The van der Waals surface area contributed by atoms with Gasteiger partial charge in [-0.15, -0.1) is 0 Å². The Kier molecular flexibility index (Phi) is 3.69. The highest BCUT2D eigenvalue weighted by atomic mass is 16.2. The van der Waals surface area contributed by atoms with E-state index in [1.807, 2.05) is 6.07 Å². The van der Waals surface area contributed by atoms with E-state index in [9.17, 15) is 9.59 Å². The van der Waals surface area contributed by atoms with E-state index in [1.165, 1.54) is 17.2 Å². The number of benzene rings is 1. The van der Waals surface area contributed by atoms with Gasteiger partial charge in [0, 0.05) is 66.6 Å². The Balaban J connectivity index is 1.59. The van der Waals surface area contributed by atoms with Crippen molar-refractivity contribution in [1.82, 2.24) is 14.8 Å². The lowest BCUT2D eigenvalue weighted by molar-refractivity contribution is -0.117. The summed E-state index contributed by atoms with van der Waals surface area (Å²) in [6.07, 6.45) is 3.86. The van der Waals surface area contributed by atoms with Gasteiger partial charge in [0.2, 0.25) is 5.91 Å². The number of nitrogens with one attached hydrogen (secondary N) is 2. The van der Waals surface area contributed by atoms with Crippen LogP contribution in [0.2, 0.25) is 0 Å². The van der Waals surface area contributed by atoms with Gasteiger partial charge in [-0.1, -0.05) is 19.0 Å². The number of aryl methyl sites for hydroxylation is 1. The lowest BCUT2D eigenvalue weighted by atomic mass is 9.99. The minimum atomic E-state index is -2.47.